The second-order valence-electron chi connectivity index (χ2n) is 4.71. The molecule has 1 heterocycles. The lowest BCUT2D eigenvalue weighted by molar-refractivity contribution is 0.185. The van der Waals surface area contributed by atoms with E-state index in [4.69, 9.17) is 16.3 Å². The van der Waals surface area contributed by atoms with Crippen molar-refractivity contribution in [2.45, 2.75) is 38.3 Å². The summed E-state index contributed by atoms with van der Waals surface area (Å²) in [6.45, 7) is 1.74. The highest BCUT2D eigenvalue weighted by molar-refractivity contribution is 6.31. The zero-order valence-corrected chi connectivity index (χ0v) is 11.1. The SMILES string of the molecule is COCc1ccc(CC2CCCCN2)cc1Cl. The summed E-state index contributed by atoms with van der Waals surface area (Å²) in [7, 11) is 1.69. The van der Waals surface area contributed by atoms with Gasteiger partial charge in [0.15, 0.2) is 0 Å². The van der Waals surface area contributed by atoms with Crippen LogP contribution in [0.5, 0.6) is 0 Å². The van der Waals surface area contributed by atoms with E-state index in [0.717, 1.165) is 23.6 Å². The van der Waals surface area contributed by atoms with E-state index in [1.165, 1.54) is 24.8 Å². The first-order valence-corrected chi connectivity index (χ1v) is 6.67. The minimum absolute atomic E-state index is 0.584. The number of hydrogen-bond acceptors (Lipinski definition) is 2. The molecule has 0 bridgehead atoms. The zero-order valence-electron chi connectivity index (χ0n) is 10.3. The van der Waals surface area contributed by atoms with Gasteiger partial charge in [-0.05, 0) is 43.0 Å². The molecule has 1 aromatic carbocycles. The van der Waals surface area contributed by atoms with Gasteiger partial charge in [0.05, 0.1) is 6.61 Å². The van der Waals surface area contributed by atoms with E-state index in [-0.39, 0.29) is 0 Å². The van der Waals surface area contributed by atoms with Crippen LogP contribution in [0.4, 0.5) is 0 Å². The number of ether oxygens (including phenoxy) is 1. The Morgan fingerprint density at radius 3 is 2.94 bits per heavy atom. The van der Waals surface area contributed by atoms with Gasteiger partial charge in [0.2, 0.25) is 0 Å². The van der Waals surface area contributed by atoms with Crippen LogP contribution in [0.15, 0.2) is 18.2 Å². The highest BCUT2D eigenvalue weighted by Crippen LogP contribution is 2.21. The Morgan fingerprint density at radius 2 is 2.29 bits per heavy atom. The highest BCUT2D eigenvalue weighted by atomic mass is 35.5. The van der Waals surface area contributed by atoms with E-state index in [0.29, 0.717) is 12.6 Å². The predicted molar refractivity (Wildman–Crippen MR) is 71.5 cm³/mol. The molecule has 1 atom stereocenters. The lowest BCUT2D eigenvalue weighted by Crippen LogP contribution is -2.35. The second kappa shape index (κ2) is 6.39. The molecule has 1 unspecified atom stereocenters. The molecule has 2 rings (SSSR count). The number of hydrogen-bond donors (Lipinski definition) is 1. The van der Waals surface area contributed by atoms with Crippen LogP contribution in [0.25, 0.3) is 0 Å². The second-order valence-corrected chi connectivity index (χ2v) is 5.12. The number of rotatable bonds is 4. The molecule has 1 N–H and O–H groups in total. The first-order valence-electron chi connectivity index (χ1n) is 6.29. The zero-order chi connectivity index (χ0) is 12.1. The molecule has 0 amide bonds. The minimum atomic E-state index is 0.584. The maximum absolute atomic E-state index is 6.23. The standard InChI is InChI=1S/C14H20ClNO/c1-17-10-12-6-5-11(9-14(12)15)8-13-4-2-3-7-16-13/h5-6,9,13,16H,2-4,7-8,10H2,1H3. The Labute approximate surface area is 108 Å². The van der Waals surface area contributed by atoms with E-state index >= 15 is 0 Å². The number of piperidine rings is 1. The molecular formula is C14H20ClNO. The summed E-state index contributed by atoms with van der Waals surface area (Å²) in [5.41, 5.74) is 2.38. The average molecular weight is 254 g/mol. The van der Waals surface area contributed by atoms with E-state index in [1.54, 1.807) is 7.11 Å². The van der Waals surface area contributed by atoms with E-state index in [2.05, 4.69) is 23.5 Å². The number of methoxy groups -OCH3 is 1. The topological polar surface area (TPSA) is 21.3 Å². The lowest BCUT2D eigenvalue weighted by atomic mass is 9.97. The van der Waals surface area contributed by atoms with Gasteiger partial charge in [-0.3, -0.25) is 0 Å². The molecule has 17 heavy (non-hydrogen) atoms. The summed E-state index contributed by atoms with van der Waals surface area (Å²) in [5.74, 6) is 0. The largest absolute Gasteiger partial charge is 0.380 e. The van der Waals surface area contributed by atoms with Crippen molar-refractivity contribution in [1.82, 2.24) is 5.32 Å². The van der Waals surface area contributed by atoms with Crippen LogP contribution in [-0.4, -0.2) is 19.7 Å². The normalized spacial score (nSPS) is 20.5. The molecular weight excluding hydrogens is 234 g/mol. The van der Waals surface area contributed by atoms with Gasteiger partial charge in [-0.25, -0.2) is 0 Å². The van der Waals surface area contributed by atoms with Crippen LogP contribution in [-0.2, 0) is 17.8 Å². The van der Waals surface area contributed by atoms with Gasteiger partial charge in [-0.2, -0.15) is 0 Å². The summed E-state index contributed by atoms with van der Waals surface area (Å²) in [4.78, 5) is 0. The molecule has 2 nitrogen and oxygen atoms in total. The fourth-order valence-electron chi connectivity index (χ4n) is 2.37. The third kappa shape index (κ3) is 3.70. The molecule has 0 aliphatic carbocycles. The quantitative estimate of drug-likeness (QED) is 0.890. The van der Waals surface area contributed by atoms with Crippen LogP contribution in [0, 0.1) is 0 Å². The summed E-state index contributed by atoms with van der Waals surface area (Å²) < 4.78 is 5.10. The summed E-state index contributed by atoms with van der Waals surface area (Å²) in [6, 6.07) is 6.93. The van der Waals surface area contributed by atoms with Crippen LogP contribution < -0.4 is 5.32 Å². The van der Waals surface area contributed by atoms with Gasteiger partial charge in [-0.1, -0.05) is 30.2 Å². The summed E-state index contributed by atoms with van der Waals surface area (Å²) in [5, 5.41) is 4.38. The van der Waals surface area contributed by atoms with Crippen molar-refractivity contribution in [2.24, 2.45) is 0 Å². The molecule has 0 aromatic heterocycles. The van der Waals surface area contributed by atoms with Crippen molar-refractivity contribution in [2.75, 3.05) is 13.7 Å². The van der Waals surface area contributed by atoms with Gasteiger partial charge >= 0.3 is 0 Å². The van der Waals surface area contributed by atoms with Crippen LogP contribution in [0.1, 0.15) is 30.4 Å². The van der Waals surface area contributed by atoms with E-state index < -0.39 is 0 Å². The number of benzene rings is 1. The molecule has 0 radical (unpaired) electrons. The molecule has 1 aliphatic heterocycles. The number of nitrogens with one attached hydrogen (secondary N) is 1. The van der Waals surface area contributed by atoms with Crippen LogP contribution in [0.2, 0.25) is 5.02 Å². The third-order valence-corrected chi connectivity index (χ3v) is 3.66. The van der Waals surface area contributed by atoms with Crippen molar-refractivity contribution >= 4 is 11.6 Å². The van der Waals surface area contributed by atoms with E-state index in [1.807, 2.05) is 0 Å². The molecule has 1 aliphatic rings. The van der Waals surface area contributed by atoms with Gasteiger partial charge < -0.3 is 10.1 Å². The smallest absolute Gasteiger partial charge is 0.0727 e. The third-order valence-electron chi connectivity index (χ3n) is 3.31. The molecule has 0 spiro atoms. The van der Waals surface area contributed by atoms with E-state index in [9.17, 15) is 0 Å². The van der Waals surface area contributed by atoms with Crippen molar-refractivity contribution in [3.05, 3.63) is 34.3 Å². The molecule has 1 saturated heterocycles. The molecule has 1 aromatic rings. The molecule has 0 saturated carbocycles. The Kier molecular flexibility index (Phi) is 4.84. The lowest BCUT2D eigenvalue weighted by Gasteiger charge is -2.23. The van der Waals surface area contributed by atoms with Crippen molar-refractivity contribution in [3.63, 3.8) is 0 Å². The van der Waals surface area contributed by atoms with Gasteiger partial charge in [-0.15, -0.1) is 0 Å². The minimum Gasteiger partial charge on any atom is -0.380 e. The fourth-order valence-corrected chi connectivity index (χ4v) is 2.63. The van der Waals surface area contributed by atoms with Gasteiger partial charge in [0.25, 0.3) is 0 Å². The molecule has 94 valence electrons. The van der Waals surface area contributed by atoms with Crippen molar-refractivity contribution in [1.29, 1.82) is 0 Å². The average Bonchev–Trinajstić information content (AvgIpc) is 2.34. The summed E-state index contributed by atoms with van der Waals surface area (Å²) in [6.07, 6.45) is 5.00. The first kappa shape index (κ1) is 12.9. The number of halogens is 1. The Bertz CT molecular complexity index is 361. The van der Waals surface area contributed by atoms with Crippen molar-refractivity contribution < 1.29 is 4.74 Å². The monoisotopic (exact) mass is 253 g/mol. The maximum atomic E-state index is 6.23. The van der Waals surface area contributed by atoms with Crippen LogP contribution >= 0.6 is 11.6 Å². The maximum Gasteiger partial charge on any atom is 0.0727 e. The van der Waals surface area contributed by atoms with Crippen LogP contribution in [0.3, 0.4) is 0 Å². The molecule has 1 fully saturated rings. The predicted octanol–water partition coefficient (Wildman–Crippen LogP) is 3.17. The van der Waals surface area contributed by atoms with Crippen molar-refractivity contribution in [3.8, 4) is 0 Å². The Morgan fingerprint density at radius 1 is 1.41 bits per heavy atom. The van der Waals surface area contributed by atoms with Gasteiger partial charge in [0.1, 0.15) is 0 Å². The first-order chi connectivity index (χ1) is 8.29. The molecule has 3 heteroatoms. The summed E-state index contributed by atoms with van der Waals surface area (Å²) >= 11 is 6.23. The van der Waals surface area contributed by atoms with Gasteiger partial charge in [0, 0.05) is 18.2 Å². The Hall–Kier alpha value is -0.570. The Balaban J connectivity index is 1.98. The fraction of sp³-hybridized carbons (Fsp3) is 0.571. The highest BCUT2D eigenvalue weighted by Gasteiger charge is 2.13.